The molecule has 0 radical (unpaired) electrons. The van der Waals surface area contributed by atoms with Gasteiger partial charge in [-0.2, -0.15) is 0 Å². The van der Waals surface area contributed by atoms with Gasteiger partial charge in [-0.25, -0.2) is 9.80 Å². The van der Waals surface area contributed by atoms with E-state index in [1.165, 1.54) is 9.91 Å². The standard InChI is InChI=1S/C43H50N6O6/c1-30(2)21-22-34(27-50)23-40(51)46-49(25-32-13-6-4-7-14-32)42(53)38(45-43(54)55-28-33-15-8-5-9-16-33)24-36-26-47(41(52)31(3)44)29-48(36)39-20-12-18-35-17-10-11-19-37(35)39/h4-20,26-27,30-31,34,38H,21-25,28-29,44H2,1-3H3,(H,45,54)(H,46,51)/t31-,34-,38?/m0/s1. The summed E-state index contributed by atoms with van der Waals surface area (Å²) < 4.78 is 5.56. The zero-order chi connectivity index (χ0) is 39.3. The van der Waals surface area contributed by atoms with E-state index in [0.29, 0.717) is 18.0 Å². The first-order chi connectivity index (χ1) is 26.5. The van der Waals surface area contributed by atoms with Gasteiger partial charge in [-0.05, 0) is 41.8 Å². The minimum absolute atomic E-state index is 0.0260. The number of ether oxygens (including phenoxy) is 1. The molecule has 288 valence electrons. The molecule has 4 aromatic rings. The summed E-state index contributed by atoms with van der Waals surface area (Å²) in [4.78, 5) is 70.3. The molecule has 5 rings (SSSR count). The van der Waals surface area contributed by atoms with Gasteiger partial charge in [-0.1, -0.05) is 117 Å². The highest BCUT2D eigenvalue weighted by Gasteiger charge is 2.35. The van der Waals surface area contributed by atoms with Crippen LogP contribution in [0.4, 0.5) is 10.5 Å². The molecular weight excluding hydrogens is 697 g/mol. The number of anilines is 1. The third-order valence-corrected chi connectivity index (χ3v) is 9.36. The van der Waals surface area contributed by atoms with Crippen molar-refractivity contribution in [2.45, 2.75) is 71.7 Å². The number of benzene rings is 4. The van der Waals surface area contributed by atoms with Crippen molar-refractivity contribution in [2.75, 3.05) is 11.6 Å². The fourth-order valence-corrected chi connectivity index (χ4v) is 6.41. The lowest BCUT2D eigenvalue weighted by Crippen LogP contribution is -2.55. The van der Waals surface area contributed by atoms with E-state index in [0.717, 1.165) is 40.3 Å². The second kappa shape index (κ2) is 19.4. The van der Waals surface area contributed by atoms with E-state index in [-0.39, 0.29) is 38.6 Å². The lowest BCUT2D eigenvalue weighted by Gasteiger charge is -2.31. The van der Waals surface area contributed by atoms with Gasteiger partial charge in [0.2, 0.25) is 11.8 Å². The van der Waals surface area contributed by atoms with Gasteiger partial charge in [-0.15, -0.1) is 0 Å². The highest BCUT2D eigenvalue weighted by molar-refractivity contribution is 5.96. The first-order valence-electron chi connectivity index (χ1n) is 18.6. The van der Waals surface area contributed by atoms with Gasteiger partial charge in [0.15, 0.2) is 0 Å². The zero-order valence-electron chi connectivity index (χ0n) is 31.6. The molecule has 1 heterocycles. The number of rotatable bonds is 16. The maximum absolute atomic E-state index is 14.8. The van der Waals surface area contributed by atoms with Crippen LogP contribution in [0, 0.1) is 11.8 Å². The van der Waals surface area contributed by atoms with Crippen molar-refractivity contribution in [1.82, 2.24) is 20.7 Å². The van der Waals surface area contributed by atoms with Crippen LogP contribution in [0.25, 0.3) is 10.8 Å². The Hall–Kier alpha value is -6.01. The molecule has 12 heteroatoms. The number of carbonyl (C=O) groups excluding carboxylic acids is 5. The molecule has 0 aliphatic carbocycles. The number of nitrogens with two attached hydrogens (primary N) is 1. The fraction of sp³-hybridized carbons (Fsp3) is 0.326. The Morgan fingerprint density at radius 3 is 2.18 bits per heavy atom. The monoisotopic (exact) mass is 746 g/mol. The molecule has 0 aromatic heterocycles. The van der Waals surface area contributed by atoms with E-state index >= 15 is 0 Å². The molecule has 1 unspecified atom stereocenters. The largest absolute Gasteiger partial charge is 0.445 e. The molecule has 12 nitrogen and oxygen atoms in total. The summed E-state index contributed by atoms with van der Waals surface area (Å²) in [5.41, 5.74) is 11.6. The molecule has 0 spiro atoms. The van der Waals surface area contributed by atoms with E-state index < -0.39 is 35.9 Å². The Labute approximate surface area is 322 Å². The van der Waals surface area contributed by atoms with Crippen LogP contribution in [0.1, 0.15) is 57.6 Å². The van der Waals surface area contributed by atoms with Crippen molar-refractivity contribution in [3.8, 4) is 0 Å². The number of nitrogens with one attached hydrogen (secondary N) is 2. The minimum atomic E-state index is -1.27. The summed E-state index contributed by atoms with van der Waals surface area (Å²) in [6.45, 7) is 5.76. The van der Waals surface area contributed by atoms with E-state index in [2.05, 4.69) is 10.7 Å². The first-order valence-corrected chi connectivity index (χ1v) is 18.6. The molecule has 0 fully saturated rings. The van der Waals surface area contributed by atoms with Crippen molar-refractivity contribution < 1.29 is 28.7 Å². The third-order valence-electron chi connectivity index (χ3n) is 9.36. The number of amides is 4. The van der Waals surface area contributed by atoms with Crippen LogP contribution in [-0.2, 0) is 37.1 Å². The second-order valence-corrected chi connectivity index (χ2v) is 14.3. The number of nitrogens with zero attached hydrogens (tertiary/aromatic N) is 3. The van der Waals surface area contributed by atoms with Crippen molar-refractivity contribution in [3.63, 3.8) is 0 Å². The fourth-order valence-electron chi connectivity index (χ4n) is 6.41. The van der Waals surface area contributed by atoms with E-state index in [1.807, 2.05) is 122 Å². The molecule has 1 aliphatic rings. The summed E-state index contributed by atoms with van der Waals surface area (Å²) in [6.07, 6.45) is 2.69. The molecule has 4 N–H and O–H groups in total. The van der Waals surface area contributed by atoms with Crippen LogP contribution in [-0.4, -0.2) is 58.8 Å². The summed E-state index contributed by atoms with van der Waals surface area (Å²) in [7, 11) is 0. The SMILES string of the molecule is CC(C)CC[C@H](C=O)CC(=O)NN(Cc1ccccc1)C(=O)C(CC1=CN(C(=O)[C@H](C)N)CN1c1cccc2ccccc12)NC(=O)OCc1ccccc1. The smallest absolute Gasteiger partial charge is 0.408 e. The first kappa shape index (κ1) is 40.2. The van der Waals surface area contributed by atoms with Crippen LogP contribution in [0.5, 0.6) is 0 Å². The molecule has 4 amide bonds. The number of hydrazine groups is 1. The minimum Gasteiger partial charge on any atom is -0.445 e. The number of fused-ring (bicyclic) bond motifs is 1. The zero-order valence-corrected chi connectivity index (χ0v) is 31.6. The molecule has 1 aliphatic heterocycles. The van der Waals surface area contributed by atoms with Gasteiger partial charge in [-0.3, -0.25) is 24.7 Å². The summed E-state index contributed by atoms with van der Waals surface area (Å²) in [5, 5.41) is 5.83. The number of hydrogen-bond donors (Lipinski definition) is 3. The quantitative estimate of drug-likeness (QED) is 0.0930. The summed E-state index contributed by atoms with van der Waals surface area (Å²) >= 11 is 0. The predicted octanol–water partition coefficient (Wildman–Crippen LogP) is 6.02. The van der Waals surface area contributed by atoms with Crippen molar-refractivity contribution in [1.29, 1.82) is 0 Å². The molecular formula is C43H50N6O6. The van der Waals surface area contributed by atoms with Crippen molar-refractivity contribution in [3.05, 3.63) is 126 Å². The van der Waals surface area contributed by atoms with Crippen LogP contribution in [0.3, 0.4) is 0 Å². The van der Waals surface area contributed by atoms with E-state index in [1.54, 1.807) is 13.1 Å². The average Bonchev–Trinajstić information content (AvgIpc) is 3.61. The maximum atomic E-state index is 14.8. The normalized spacial score (nSPS) is 14.2. The number of aldehydes is 1. The van der Waals surface area contributed by atoms with Gasteiger partial charge >= 0.3 is 6.09 Å². The lowest BCUT2D eigenvalue weighted by molar-refractivity contribution is -0.144. The highest BCUT2D eigenvalue weighted by atomic mass is 16.5. The molecule has 55 heavy (non-hydrogen) atoms. The van der Waals surface area contributed by atoms with Crippen molar-refractivity contribution >= 4 is 46.6 Å². The maximum Gasteiger partial charge on any atom is 0.408 e. The van der Waals surface area contributed by atoms with Crippen LogP contribution in [0.15, 0.2) is 115 Å². The molecule has 4 aromatic carbocycles. The molecule has 3 atom stereocenters. The van der Waals surface area contributed by atoms with Gasteiger partial charge in [0.1, 0.15) is 25.6 Å². The summed E-state index contributed by atoms with van der Waals surface area (Å²) in [5.74, 6) is -1.63. The third kappa shape index (κ3) is 11.2. The van der Waals surface area contributed by atoms with Gasteiger partial charge < -0.3 is 25.5 Å². The van der Waals surface area contributed by atoms with E-state index in [9.17, 15) is 24.0 Å². The van der Waals surface area contributed by atoms with Crippen LogP contribution >= 0.6 is 0 Å². The number of carbonyl (C=O) groups is 5. The number of alkyl carbamates (subject to hydrolysis) is 1. The number of hydrogen-bond acceptors (Lipinski definition) is 8. The Morgan fingerprint density at radius 2 is 1.51 bits per heavy atom. The highest BCUT2D eigenvalue weighted by Crippen LogP contribution is 2.34. The van der Waals surface area contributed by atoms with Gasteiger partial charge in [0.25, 0.3) is 5.91 Å². The van der Waals surface area contributed by atoms with Crippen LogP contribution in [0.2, 0.25) is 0 Å². The Morgan fingerprint density at radius 1 is 0.855 bits per heavy atom. The van der Waals surface area contributed by atoms with Gasteiger partial charge in [0, 0.05) is 36.0 Å². The Kier molecular flexibility index (Phi) is 14.1. The molecule has 0 saturated heterocycles. The van der Waals surface area contributed by atoms with Crippen LogP contribution < -0.4 is 21.4 Å². The molecule has 0 bridgehead atoms. The Balaban J connectivity index is 1.49. The van der Waals surface area contributed by atoms with Crippen molar-refractivity contribution in [2.24, 2.45) is 17.6 Å². The second-order valence-electron chi connectivity index (χ2n) is 14.3. The summed E-state index contributed by atoms with van der Waals surface area (Å²) in [6, 6.07) is 29.9. The van der Waals surface area contributed by atoms with E-state index in [4.69, 9.17) is 10.5 Å². The topological polar surface area (TPSA) is 154 Å². The average molecular weight is 747 g/mol. The molecule has 0 saturated carbocycles. The predicted molar refractivity (Wildman–Crippen MR) is 211 cm³/mol. The Bertz CT molecular complexity index is 1960. The van der Waals surface area contributed by atoms with Gasteiger partial charge in [0.05, 0.1) is 18.3 Å². The lowest BCUT2D eigenvalue weighted by atomic mass is 9.96.